The van der Waals surface area contributed by atoms with E-state index in [1.165, 1.54) is 72.9 Å². The van der Waals surface area contributed by atoms with Crippen LogP contribution in [0.1, 0.15) is 104 Å². The lowest BCUT2D eigenvalue weighted by atomic mass is 9.77. The van der Waals surface area contributed by atoms with Gasteiger partial charge in [0.2, 0.25) is 0 Å². The molecule has 0 saturated heterocycles. The second-order valence-corrected chi connectivity index (χ2v) is 10.7. The molecule has 2 aliphatic rings. The zero-order chi connectivity index (χ0) is 29.0. The Labute approximate surface area is 235 Å². The third-order valence-electron chi connectivity index (χ3n) is 6.83. The van der Waals surface area contributed by atoms with Crippen LogP contribution in [0.3, 0.4) is 0 Å². The molecule has 2 aromatic carbocycles. The maximum absolute atomic E-state index is 12.1. The minimum atomic E-state index is -0.171. The SMILES string of the molecule is C=CC.CC1=CCC2(C)CCCC2=C1.CC=C(C)C.CCCc1ccccc1CC.Cc1ccc(F)cc1. The summed E-state index contributed by atoms with van der Waals surface area (Å²) in [5, 5.41) is 0. The van der Waals surface area contributed by atoms with Gasteiger partial charge >= 0.3 is 0 Å². The van der Waals surface area contributed by atoms with E-state index in [1.54, 1.807) is 23.8 Å². The molecule has 2 aliphatic carbocycles. The summed E-state index contributed by atoms with van der Waals surface area (Å²) in [4.78, 5) is 0. The van der Waals surface area contributed by atoms with Crippen LogP contribution in [-0.2, 0) is 12.8 Å². The van der Waals surface area contributed by atoms with Gasteiger partial charge in [0.15, 0.2) is 0 Å². The number of rotatable bonds is 3. The Balaban J connectivity index is 0.000000480. The number of hydrogen-bond acceptors (Lipinski definition) is 0. The quantitative estimate of drug-likeness (QED) is 0.354. The highest BCUT2D eigenvalue weighted by atomic mass is 19.1. The summed E-state index contributed by atoms with van der Waals surface area (Å²) in [5.41, 5.74) is 9.24. The summed E-state index contributed by atoms with van der Waals surface area (Å²) in [7, 11) is 0. The van der Waals surface area contributed by atoms with Gasteiger partial charge < -0.3 is 0 Å². The molecule has 0 amide bonds. The molecule has 1 heteroatoms. The first-order valence-corrected chi connectivity index (χ1v) is 14.4. The lowest BCUT2D eigenvalue weighted by Crippen LogP contribution is -2.15. The molecule has 0 nitrogen and oxygen atoms in total. The Bertz CT molecular complexity index is 978. The molecule has 1 unspecified atom stereocenters. The van der Waals surface area contributed by atoms with Gasteiger partial charge in [-0.3, -0.25) is 0 Å². The predicted molar refractivity (Wildman–Crippen MR) is 170 cm³/mol. The van der Waals surface area contributed by atoms with Crippen molar-refractivity contribution in [3.63, 3.8) is 0 Å². The highest BCUT2D eigenvalue weighted by Crippen LogP contribution is 2.48. The second kappa shape index (κ2) is 20.3. The van der Waals surface area contributed by atoms with Crippen molar-refractivity contribution in [2.75, 3.05) is 0 Å². The molecule has 0 aromatic heterocycles. The van der Waals surface area contributed by atoms with Gasteiger partial charge in [-0.2, -0.15) is 0 Å². The van der Waals surface area contributed by atoms with Crippen LogP contribution in [0.25, 0.3) is 0 Å². The van der Waals surface area contributed by atoms with Crippen LogP contribution in [-0.4, -0.2) is 0 Å². The van der Waals surface area contributed by atoms with Crippen molar-refractivity contribution in [2.24, 2.45) is 5.41 Å². The fourth-order valence-electron chi connectivity index (χ4n) is 4.28. The van der Waals surface area contributed by atoms with Crippen molar-refractivity contribution in [2.45, 2.75) is 107 Å². The van der Waals surface area contributed by atoms with Crippen molar-refractivity contribution in [1.82, 2.24) is 0 Å². The number of aryl methyl sites for hydroxylation is 3. The highest BCUT2D eigenvalue weighted by molar-refractivity contribution is 5.33. The Hall–Kier alpha value is -2.67. The number of hydrogen-bond donors (Lipinski definition) is 0. The first-order chi connectivity index (χ1) is 18.1. The van der Waals surface area contributed by atoms with Crippen LogP contribution >= 0.6 is 0 Å². The predicted octanol–water partition coefficient (Wildman–Crippen LogP) is 12.0. The molecule has 0 aliphatic heterocycles. The highest BCUT2D eigenvalue weighted by Gasteiger charge is 2.33. The molecule has 1 fully saturated rings. The third-order valence-corrected chi connectivity index (χ3v) is 6.83. The summed E-state index contributed by atoms with van der Waals surface area (Å²) in [6.07, 6.45) is 17.7. The van der Waals surface area contributed by atoms with Crippen LogP contribution in [0, 0.1) is 18.2 Å². The van der Waals surface area contributed by atoms with Crippen molar-refractivity contribution in [1.29, 1.82) is 0 Å². The van der Waals surface area contributed by atoms with E-state index in [0.717, 1.165) is 12.0 Å². The Morgan fingerprint density at radius 2 is 1.53 bits per heavy atom. The van der Waals surface area contributed by atoms with Crippen molar-refractivity contribution in [3.05, 3.63) is 119 Å². The van der Waals surface area contributed by atoms with Crippen LogP contribution in [0.4, 0.5) is 4.39 Å². The molecule has 2 aromatic rings. The van der Waals surface area contributed by atoms with E-state index < -0.39 is 0 Å². The number of allylic oxidation sites excluding steroid dienone is 7. The average Bonchev–Trinajstić information content (AvgIpc) is 3.28. The number of benzene rings is 2. The second-order valence-electron chi connectivity index (χ2n) is 10.7. The fraction of sp³-hybridized carbons (Fsp3) is 0.459. The van der Waals surface area contributed by atoms with E-state index >= 15 is 0 Å². The van der Waals surface area contributed by atoms with Crippen molar-refractivity contribution in [3.8, 4) is 0 Å². The molecule has 1 saturated carbocycles. The summed E-state index contributed by atoms with van der Waals surface area (Å²) >= 11 is 0. The van der Waals surface area contributed by atoms with Gasteiger partial charge in [0.05, 0.1) is 0 Å². The summed E-state index contributed by atoms with van der Waals surface area (Å²) in [5.74, 6) is -0.171. The van der Waals surface area contributed by atoms with Crippen molar-refractivity contribution < 1.29 is 4.39 Å². The molecule has 0 spiro atoms. The molecule has 0 N–H and O–H groups in total. The molecular weight excluding hydrogens is 463 g/mol. The van der Waals surface area contributed by atoms with E-state index in [0.29, 0.717) is 5.41 Å². The lowest BCUT2D eigenvalue weighted by Gasteiger charge is -2.28. The molecule has 0 heterocycles. The summed E-state index contributed by atoms with van der Waals surface area (Å²) in [6.45, 7) is 22.5. The van der Waals surface area contributed by atoms with Gasteiger partial charge in [0.1, 0.15) is 5.82 Å². The zero-order valence-corrected chi connectivity index (χ0v) is 26.0. The minimum Gasteiger partial charge on any atom is -0.207 e. The van der Waals surface area contributed by atoms with Gasteiger partial charge in [-0.25, -0.2) is 4.39 Å². The topological polar surface area (TPSA) is 0 Å². The molecule has 0 radical (unpaired) electrons. The van der Waals surface area contributed by atoms with Gasteiger partial charge in [0.25, 0.3) is 0 Å². The molecule has 0 bridgehead atoms. The van der Waals surface area contributed by atoms with Gasteiger partial charge in [-0.05, 0) is 109 Å². The van der Waals surface area contributed by atoms with Crippen LogP contribution in [0.5, 0.6) is 0 Å². The molecular formula is C37H55F. The maximum Gasteiger partial charge on any atom is 0.123 e. The Kier molecular flexibility index (Phi) is 18.9. The fourth-order valence-corrected chi connectivity index (χ4v) is 4.28. The average molecular weight is 519 g/mol. The Morgan fingerprint density at radius 1 is 0.974 bits per heavy atom. The summed E-state index contributed by atoms with van der Waals surface area (Å²) in [6, 6.07) is 15.1. The van der Waals surface area contributed by atoms with Crippen LogP contribution in [0.15, 0.2) is 96.1 Å². The van der Waals surface area contributed by atoms with E-state index in [-0.39, 0.29) is 5.82 Å². The monoisotopic (exact) mass is 518 g/mol. The first kappa shape index (κ1) is 35.3. The molecule has 38 heavy (non-hydrogen) atoms. The van der Waals surface area contributed by atoms with E-state index in [4.69, 9.17) is 0 Å². The number of fused-ring (bicyclic) bond motifs is 1. The van der Waals surface area contributed by atoms with Crippen LogP contribution in [0.2, 0.25) is 0 Å². The first-order valence-electron chi connectivity index (χ1n) is 14.4. The van der Waals surface area contributed by atoms with Crippen molar-refractivity contribution >= 4 is 0 Å². The largest absolute Gasteiger partial charge is 0.207 e. The minimum absolute atomic E-state index is 0.171. The molecule has 210 valence electrons. The van der Waals surface area contributed by atoms with Crippen LogP contribution < -0.4 is 0 Å². The Morgan fingerprint density at radius 3 is 2.00 bits per heavy atom. The lowest BCUT2D eigenvalue weighted by molar-refractivity contribution is 0.411. The standard InChI is InChI=1S/2C11H16.C7H7F.C5H10.C3H6/c1-9-5-7-11(2)6-3-4-10(11)8-9;1-3-7-11-9-6-5-8-10(11)4-2;1-6-2-4-7(8)5-3-6;1-4-5(2)3;1-3-2/h5,8H,3-4,6-7H2,1-2H3;5-6,8-9H,3-4,7H2,1-2H3;2-5H,1H3;4H,1-3H3;3H,1H2,2H3. The van der Waals surface area contributed by atoms with Gasteiger partial charge in [0, 0.05) is 0 Å². The molecule has 4 rings (SSSR count). The summed E-state index contributed by atoms with van der Waals surface area (Å²) < 4.78 is 12.1. The van der Waals surface area contributed by atoms with E-state index in [9.17, 15) is 4.39 Å². The zero-order valence-electron chi connectivity index (χ0n) is 26.0. The van der Waals surface area contributed by atoms with E-state index in [1.807, 2.05) is 20.8 Å². The normalized spacial score (nSPS) is 16.6. The van der Waals surface area contributed by atoms with Gasteiger partial charge in [-0.15, -0.1) is 6.58 Å². The third kappa shape index (κ3) is 14.9. The number of halogens is 1. The van der Waals surface area contributed by atoms with E-state index in [2.05, 4.69) is 90.6 Å². The maximum atomic E-state index is 12.1. The smallest absolute Gasteiger partial charge is 0.123 e. The molecule has 1 atom stereocenters. The van der Waals surface area contributed by atoms with Gasteiger partial charge in [-0.1, -0.05) is 110 Å².